The van der Waals surface area contributed by atoms with Gasteiger partial charge in [-0.15, -0.1) is 0 Å². The molecule has 0 bridgehead atoms. The number of halogens is 1. The number of rotatable bonds is 3. The summed E-state index contributed by atoms with van der Waals surface area (Å²) in [6.07, 6.45) is 6.15. The molecule has 1 fully saturated rings. The SMILES string of the molecule is O=C(Cc1ccc(Cl)cc1)OC1CCCCC1. The van der Waals surface area contributed by atoms with Gasteiger partial charge in [0.25, 0.3) is 0 Å². The Bertz CT molecular complexity index is 366. The minimum Gasteiger partial charge on any atom is -0.462 e. The van der Waals surface area contributed by atoms with Gasteiger partial charge in [-0.05, 0) is 43.4 Å². The highest BCUT2D eigenvalue weighted by molar-refractivity contribution is 6.30. The highest BCUT2D eigenvalue weighted by atomic mass is 35.5. The van der Waals surface area contributed by atoms with Crippen LogP contribution in [0.15, 0.2) is 24.3 Å². The molecule has 1 aromatic rings. The van der Waals surface area contributed by atoms with Gasteiger partial charge >= 0.3 is 5.97 Å². The quantitative estimate of drug-likeness (QED) is 0.766. The van der Waals surface area contributed by atoms with E-state index in [9.17, 15) is 4.79 Å². The monoisotopic (exact) mass is 252 g/mol. The number of benzene rings is 1. The number of esters is 1. The number of carbonyl (C=O) groups excluding carboxylic acids is 1. The molecule has 0 aromatic heterocycles. The first-order valence-corrected chi connectivity index (χ1v) is 6.56. The van der Waals surface area contributed by atoms with Crippen molar-refractivity contribution in [2.24, 2.45) is 0 Å². The van der Waals surface area contributed by atoms with Crippen molar-refractivity contribution < 1.29 is 9.53 Å². The van der Waals surface area contributed by atoms with E-state index in [2.05, 4.69) is 0 Å². The lowest BCUT2D eigenvalue weighted by Gasteiger charge is -2.21. The van der Waals surface area contributed by atoms with Gasteiger partial charge in [-0.2, -0.15) is 0 Å². The third kappa shape index (κ3) is 4.04. The van der Waals surface area contributed by atoms with Gasteiger partial charge < -0.3 is 4.74 Å². The third-order valence-electron chi connectivity index (χ3n) is 3.11. The standard InChI is InChI=1S/C14H17ClO2/c15-12-8-6-11(7-9-12)10-14(16)17-13-4-2-1-3-5-13/h6-9,13H,1-5,10H2. The maximum atomic E-state index is 11.7. The van der Waals surface area contributed by atoms with E-state index in [0.29, 0.717) is 11.4 Å². The molecule has 0 radical (unpaired) electrons. The molecule has 17 heavy (non-hydrogen) atoms. The van der Waals surface area contributed by atoms with Crippen LogP contribution in [0.1, 0.15) is 37.7 Å². The van der Waals surface area contributed by atoms with Gasteiger partial charge in [0, 0.05) is 5.02 Å². The van der Waals surface area contributed by atoms with Crippen molar-refractivity contribution in [2.45, 2.75) is 44.6 Å². The lowest BCUT2D eigenvalue weighted by molar-refractivity contribution is -0.149. The van der Waals surface area contributed by atoms with E-state index in [1.165, 1.54) is 19.3 Å². The molecule has 2 nitrogen and oxygen atoms in total. The van der Waals surface area contributed by atoms with Gasteiger partial charge in [-0.25, -0.2) is 0 Å². The first-order chi connectivity index (χ1) is 8.24. The van der Waals surface area contributed by atoms with Crippen LogP contribution >= 0.6 is 11.6 Å². The van der Waals surface area contributed by atoms with Gasteiger partial charge in [0.15, 0.2) is 0 Å². The van der Waals surface area contributed by atoms with E-state index in [1.54, 1.807) is 12.1 Å². The Morgan fingerprint density at radius 3 is 2.47 bits per heavy atom. The largest absolute Gasteiger partial charge is 0.462 e. The summed E-state index contributed by atoms with van der Waals surface area (Å²) in [6.45, 7) is 0. The lowest BCUT2D eigenvalue weighted by atomic mass is 9.98. The minimum absolute atomic E-state index is 0.126. The second kappa shape index (κ2) is 6.06. The first-order valence-electron chi connectivity index (χ1n) is 6.18. The third-order valence-corrected chi connectivity index (χ3v) is 3.36. The van der Waals surface area contributed by atoms with Crippen LogP contribution < -0.4 is 0 Å². The van der Waals surface area contributed by atoms with Crippen LogP contribution in [0.3, 0.4) is 0 Å². The molecular formula is C14H17ClO2. The zero-order chi connectivity index (χ0) is 12.1. The Kier molecular flexibility index (Phi) is 4.43. The molecule has 1 aliphatic rings. The maximum Gasteiger partial charge on any atom is 0.310 e. The molecule has 1 saturated carbocycles. The molecule has 3 heteroatoms. The first kappa shape index (κ1) is 12.4. The summed E-state index contributed by atoms with van der Waals surface area (Å²) < 4.78 is 5.45. The van der Waals surface area contributed by atoms with E-state index < -0.39 is 0 Å². The molecule has 0 amide bonds. The van der Waals surface area contributed by atoms with Gasteiger partial charge in [-0.3, -0.25) is 4.79 Å². The van der Waals surface area contributed by atoms with Crippen molar-refractivity contribution >= 4 is 17.6 Å². The van der Waals surface area contributed by atoms with Crippen LogP contribution in [0.4, 0.5) is 0 Å². The molecule has 0 atom stereocenters. The van der Waals surface area contributed by atoms with Crippen LogP contribution in [0.2, 0.25) is 5.02 Å². The van der Waals surface area contributed by atoms with Crippen LogP contribution in [-0.2, 0) is 16.0 Å². The summed E-state index contributed by atoms with van der Waals surface area (Å²) in [5.74, 6) is -0.126. The highest BCUT2D eigenvalue weighted by Gasteiger charge is 2.17. The Hall–Kier alpha value is -1.02. The van der Waals surface area contributed by atoms with Gasteiger partial charge in [0.05, 0.1) is 6.42 Å². The molecular weight excluding hydrogens is 236 g/mol. The van der Waals surface area contributed by atoms with E-state index >= 15 is 0 Å². The molecule has 0 N–H and O–H groups in total. The molecule has 92 valence electrons. The normalized spacial score (nSPS) is 16.8. The van der Waals surface area contributed by atoms with Crippen molar-refractivity contribution in [3.63, 3.8) is 0 Å². The van der Waals surface area contributed by atoms with E-state index in [1.807, 2.05) is 12.1 Å². The zero-order valence-electron chi connectivity index (χ0n) is 9.82. The van der Waals surface area contributed by atoms with E-state index in [-0.39, 0.29) is 12.1 Å². The molecule has 0 heterocycles. The Morgan fingerprint density at radius 1 is 1.18 bits per heavy atom. The van der Waals surface area contributed by atoms with Crippen LogP contribution in [0.25, 0.3) is 0 Å². The molecule has 0 spiro atoms. The van der Waals surface area contributed by atoms with E-state index in [4.69, 9.17) is 16.3 Å². The fourth-order valence-electron chi connectivity index (χ4n) is 2.18. The summed E-state index contributed by atoms with van der Waals surface area (Å²) >= 11 is 5.79. The number of hydrogen-bond acceptors (Lipinski definition) is 2. The van der Waals surface area contributed by atoms with Crippen LogP contribution in [0, 0.1) is 0 Å². The van der Waals surface area contributed by atoms with Gasteiger partial charge in [0.1, 0.15) is 6.10 Å². The molecule has 2 rings (SSSR count). The average Bonchev–Trinajstić information content (AvgIpc) is 2.33. The molecule has 0 saturated heterocycles. The fourth-order valence-corrected chi connectivity index (χ4v) is 2.31. The second-order valence-electron chi connectivity index (χ2n) is 4.55. The maximum absolute atomic E-state index is 11.7. The van der Waals surface area contributed by atoms with Crippen molar-refractivity contribution in [3.05, 3.63) is 34.9 Å². The lowest BCUT2D eigenvalue weighted by Crippen LogP contribution is -2.21. The number of ether oxygens (including phenoxy) is 1. The predicted molar refractivity (Wildman–Crippen MR) is 68.1 cm³/mol. The van der Waals surface area contributed by atoms with Crippen molar-refractivity contribution in [1.29, 1.82) is 0 Å². The van der Waals surface area contributed by atoms with Crippen LogP contribution in [-0.4, -0.2) is 12.1 Å². The Balaban J connectivity index is 1.82. The fraction of sp³-hybridized carbons (Fsp3) is 0.500. The number of carbonyl (C=O) groups is 1. The summed E-state index contributed by atoms with van der Waals surface area (Å²) in [4.78, 5) is 11.7. The minimum atomic E-state index is -0.126. The Labute approximate surface area is 107 Å². The van der Waals surface area contributed by atoms with Crippen LogP contribution in [0.5, 0.6) is 0 Å². The van der Waals surface area contributed by atoms with Gasteiger partial charge in [0.2, 0.25) is 0 Å². The average molecular weight is 253 g/mol. The number of hydrogen-bond donors (Lipinski definition) is 0. The zero-order valence-corrected chi connectivity index (χ0v) is 10.6. The summed E-state index contributed by atoms with van der Waals surface area (Å²) in [5, 5.41) is 0.689. The van der Waals surface area contributed by atoms with E-state index in [0.717, 1.165) is 18.4 Å². The summed E-state index contributed by atoms with van der Waals surface area (Å²) in [5.41, 5.74) is 0.954. The second-order valence-corrected chi connectivity index (χ2v) is 4.99. The topological polar surface area (TPSA) is 26.3 Å². The summed E-state index contributed by atoms with van der Waals surface area (Å²) in [7, 11) is 0. The van der Waals surface area contributed by atoms with Crippen molar-refractivity contribution in [1.82, 2.24) is 0 Å². The molecule has 0 aliphatic heterocycles. The van der Waals surface area contributed by atoms with Crippen molar-refractivity contribution in [3.8, 4) is 0 Å². The summed E-state index contributed by atoms with van der Waals surface area (Å²) in [6, 6.07) is 7.32. The van der Waals surface area contributed by atoms with Crippen molar-refractivity contribution in [2.75, 3.05) is 0 Å². The smallest absolute Gasteiger partial charge is 0.310 e. The molecule has 1 aromatic carbocycles. The predicted octanol–water partition coefficient (Wildman–Crippen LogP) is 3.76. The highest BCUT2D eigenvalue weighted by Crippen LogP contribution is 2.21. The Morgan fingerprint density at radius 2 is 1.82 bits per heavy atom. The van der Waals surface area contributed by atoms with Gasteiger partial charge in [-0.1, -0.05) is 30.2 Å². The molecule has 1 aliphatic carbocycles. The molecule has 0 unspecified atom stereocenters.